The molecular formula is C21H19BrN6O2. The van der Waals surface area contributed by atoms with Crippen LogP contribution in [0.5, 0.6) is 0 Å². The fourth-order valence-electron chi connectivity index (χ4n) is 3.06. The van der Waals surface area contributed by atoms with Gasteiger partial charge in [-0.25, -0.2) is 10.2 Å². The molecule has 0 aliphatic rings. The summed E-state index contributed by atoms with van der Waals surface area (Å²) in [5.74, 6) is 0.364. The van der Waals surface area contributed by atoms with Crippen molar-refractivity contribution in [1.29, 1.82) is 0 Å². The number of rotatable bonds is 5. The molecule has 152 valence electrons. The molecule has 0 aliphatic heterocycles. The summed E-state index contributed by atoms with van der Waals surface area (Å²) in [5, 5.41) is 4.27. The van der Waals surface area contributed by atoms with Gasteiger partial charge in [-0.05, 0) is 30.2 Å². The number of hydrazone groups is 1. The van der Waals surface area contributed by atoms with Crippen LogP contribution in [0.25, 0.3) is 11.2 Å². The van der Waals surface area contributed by atoms with Crippen LogP contribution in [0.4, 0.5) is 5.95 Å². The first-order valence-corrected chi connectivity index (χ1v) is 10.0. The van der Waals surface area contributed by atoms with Crippen molar-refractivity contribution in [2.75, 3.05) is 5.43 Å². The molecule has 0 saturated heterocycles. The molecule has 0 fully saturated rings. The van der Waals surface area contributed by atoms with E-state index < -0.39 is 11.2 Å². The lowest BCUT2D eigenvalue weighted by Crippen LogP contribution is -2.29. The third-order valence-corrected chi connectivity index (χ3v) is 5.25. The Morgan fingerprint density at radius 2 is 1.83 bits per heavy atom. The standard InChI is InChI=1S/C21H19BrN6O2/c1-13-3-5-14(6-4-13)11-23-26-20-24-18-17(19(29)25-21(30)27(18)2)28(20)12-15-7-9-16(22)10-8-15/h3-11H,12H2,1-2H3,(H,24,26)(H,25,29,30)/b23-11+. The summed E-state index contributed by atoms with van der Waals surface area (Å²) in [6.07, 6.45) is 1.67. The van der Waals surface area contributed by atoms with E-state index in [1.807, 2.05) is 55.5 Å². The maximum Gasteiger partial charge on any atom is 0.329 e. The Hall–Kier alpha value is -3.46. The number of imidazole rings is 1. The van der Waals surface area contributed by atoms with E-state index in [2.05, 4.69) is 36.4 Å². The molecule has 2 aromatic carbocycles. The Morgan fingerprint density at radius 1 is 1.13 bits per heavy atom. The molecule has 9 heteroatoms. The summed E-state index contributed by atoms with van der Waals surface area (Å²) >= 11 is 3.42. The topological polar surface area (TPSA) is 97.1 Å². The quantitative estimate of drug-likeness (QED) is 0.349. The highest BCUT2D eigenvalue weighted by Gasteiger charge is 2.17. The largest absolute Gasteiger partial charge is 0.329 e. The summed E-state index contributed by atoms with van der Waals surface area (Å²) in [6.45, 7) is 2.40. The normalized spacial score (nSPS) is 11.4. The summed E-state index contributed by atoms with van der Waals surface area (Å²) in [5.41, 5.74) is 5.55. The number of aryl methyl sites for hydroxylation is 2. The number of aromatic amines is 1. The van der Waals surface area contributed by atoms with Crippen molar-refractivity contribution in [3.05, 3.63) is 90.5 Å². The van der Waals surface area contributed by atoms with Crippen LogP contribution in [0.3, 0.4) is 0 Å². The molecule has 0 radical (unpaired) electrons. The van der Waals surface area contributed by atoms with Gasteiger partial charge in [0, 0.05) is 11.5 Å². The van der Waals surface area contributed by atoms with Crippen LogP contribution in [0.1, 0.15) is 16.7 Å². The molecule has 2 aromatic heterocycles. The van der Waals surface area contributed by atoms with E-state index in [9.17, 15) is 9.59 Å². The van der Waals surface area contributed by atoms with Crippen LogP contribution in [0, 0.1) is 6.92 Å². The van der Waals surface area contributed by atoms with Gasteiger partial charge in [0.25, 0.3) is 5.56 Å². The van der Waals surface area contributed by atoms with E-state index in [0.29, 0.717) is 18.0 Å². The summed E-state index contributed by atoms with van der Waals surface area (Å²) in [4.78, 5) is 31.4. The van der Waals surface area contributed by atoms with E-state index in [1.165, 1.54) is 4.57 Å². The fraction of sp³-hybridized carbons (Fsp3) is 0.143. The van der Waals surface area contributed by atoms with Crippen molar-refractivity contribution >= 4 is 39.3 Å². The lowest BCUT2D eigenvalue weighted by Gasteiger charge is -2.08. The first-order chi connectivity index (χ1) is 14.4. The Balaban J connectivity index is 1.77. The van der Waals surface area contributed by atoms with Gasteiger partial charge in [-0.15, -0.1) is 0 Å². The van der Waals surface area contributed by atoms with Crippen LogP contribution in [-0.4, -0.2) is 25.3 Å². The number of anilines is 1. The predicted molar refractivity (Wildman–Crippen MR) is 121 cm³/mol. The smallest absolute Gasteiger partial charge is 0.298 e. The van der Waals surface area contributed by atoms with Gasteiger partial charge in [0.15, 0.2) is 11.2 Å². The van der Waals surface area contributed by atoms with E-state index in [-0.39, 0.29) is 5.65 Å². The third-order valence-electron chi connectivity index (χ3n) is 4.72. The third kappa shape index (κ3) is 3.97. The Bertz CT molecular complexity index is 1350. The Kier molecular flexibility index (Phi) is 5.37. The highest BCUT2D eigenvalue weighted by atomic mass is 79.9. The average Bonchev–Trinajstić information content (AvgIpc) is 3.08. The lowest BCUT2D eigenvalue weighted by atomic mass is 10.2. The molecule has 0 spiro atoms. The van der Waals surface area contributed by atoms with Crippen LogP contribution in [-0.2, 0) is 13.6 Å². The highest BCUT2D eigenvalue weighted by Crippen LogP contribution is 2.19. The zero-order valence-corrected chi connectivity index (χ0v) is 18.0. The highest BCUT2D eigenvalue weighted by molar-refractivity contribution is 9.10. The number of fused-ring (bicyclic) bond motifs is 1. The molecule has 30 heavy (non-hydrogen) atoms. The molecule has 4 rings (SSSR count). The molecule has 2 heterocycles. The van der Waals surface area contributed by atoms with Gasteiger partial charge in [-0.2, -0.15) is 10.1 Å². The molecule has 0 atom stereocenters. The van der Waals surface area contributed by atoms with Gasteiger partial charge >= 0.3 is 5.69 Å². The minimum absolute atomic E-state index is 0.286. The van der Waals surface area contributed by atoms with Crippen LogP contribution >= 0.6 is 15.9 Å². The Labute approximate surface area is 180 Å². The first-order valence-electron chi connectivity index (χ1n) is 9.22. The maximum atomic E-state index is 12.6. The van der Waals surface area contributed by atoms with E-state index in [0.717, 1.165) is 21.2 Å². The van der Waals surface area contributed by atoms with E-state index >= 15 is 0 Å². The second kappa shape index (κ2) is 8.11. The summed E-state index contributed by atoms with van der Waals surface area (Å²) in [7, 11) is 1.57. The molecule has 0 amide bonds. The number of nitrogens with one attached hydrogen (secondary N) is 2. The maximum absolute atomic E-state index is 12.6. The van der Waals surface area contributed by atoms with Gasteiger partial charge in [-0.1, -0.05) is 57.9 Å². The first kappa shape index (κ1) is 19.8. The minimum Gasteiger partial charge on any atom is -0.298 e. The zero-order chi connectivity index (χ0) is 21.3. The number of hydrogen-bond acceptors (Lipinski definition) is 5. The van der Waals surface area contributed by atoms with Crippen molar-refractivity contribution in [2.45, 2.75) is 13.5 Å². The molecule has 0 saturated carbocycles. The van der Waals surface area contributed by atoms with Gasteiger partial charge < -0.3 is 0 Å². The molecule has 0 bridgehead atoms. The van der Waals surface area contributed by atoms with Crippen molar-refractivity contribution < 1.29 is 0 Å². The van der Waals surface area contributed by atoms with Gasteiger partial charge in [-0.3, -0.25) is 18.9 Å². The zero-order valence-electron chi connectivity index (χ0n) is 16.4. The predicted octanol–water partition coefficient (Wildman–Crippen LogP) is 2.99. The number of H-pyrrole nitrogens is 1. The number of aromatic nitrogens is 4. The lowest BCUT2D eigenvalue weighted by molar-refractivity contribution is 0.808. The van der Waals surface area contributed by atoms with Crippen LogP contribution in [0.2, 0.25) is 0 Å². The minimum atomic E-state index is -0.518. The van der Waals surface area contributed by atoms with Crippen molar-refractivity contribution in [1.82, 2.24) is 19.1 Å². The molecular weight excluding hydrogens is 448 g/mol. The molecule has 0 aliphatic carbocycles. The molecule has 8 nitrogen and oxygen atoms in total. The molecule has 2 N–H and O–H groups in total. The second-order valence-electron chi connectivity index (χ2n) is 6.92. The number of nitrogens with zero attached hydrogens (tertiary/aromatic N) is 4. The number of halogens is 1. The number of benzene rings is 2. The Morgan fingerprint density at radius 3 is 2.53 bits per heavy atom. The van der Waals surface area contributed by atoms with Crippen LogP contribution < -0.4 is 16.7 Å². The van der Waals surface area contributed by atoms with E-state index in [4.69, 9.17) is 0 Å². The van der Waals surface area contributed by atoms with Gasteiger partial charge in [0.05, 0.1) is 12.8 Å². The van der Waals surface area contributed by atoms with Crippen molar-refractivity contribution in [2.24, 2.45) is 12.1 Å². The number of hydrogen-bond donors (Lipinski definition) is 2. The van der Waals surface area contributed by atoms with Crippen LogP contribution in [0.15, 0.2) is 67.7 Å². The van der Waals surface area contributed by atoms with Crippen molar-refractivity contribution in [3.63, 3.8) is 0 Å². The van der Waals surface area contributed by atoms with Gasteiger partial charge in [0.1, 0.15) is 0 Å². The fourth-order valence-corrected chi connectivity index (χ4v) is 3.33. The molecule has 4 aromatic rings. The SMILES string of the molecule is Cc1ccc(/C=N/Nc2nc3c(c(=O)[nH]c(=O)n3C)n2Cc2ccc(Br)cc2)cc1. The summed E-state index contributed by atoms with van der Waals surface area (Å²) in [6, 6.07) is 15.7. The summed E-state index contributed by atoms with van der Waals surface area (Å²) < 4.78 is 3.98. The average molecular weight is 467 g/mol. The monoisotopic (exact) mass is 466 g/mol. The van der Waals surface area contributed by atoms with Crippen molar-refractivity contribution in [3.8, 4) is 0 Å². The second-order valence-corrected chi connectivity index (χ2v) is 7.83. The van der Waals surface area contributed by atoms with E-state index in [1.54, 1.807) is 17.8 Å². The molecule has 0 unspecified atom stereocenters. The van der Waals surface area contributed by atoms with Gasteiger partial charge in [0.2, 0.25) is 5.95 Å².